The van der Waals surface area contributed by atoms with Gasteiger partial charge in [-0.05, 0) is 31.9 Å². The Morgan fingerprint density at radius 1 is 1.33 bits per heavy atom. The van der Waals surface area contributed by atoms with Crippen molar-refractivity contribution < 1.29 is 14.3 Å². The van der Waals surface area contributed by atoms with Crippen molar-refractivity contribution in [2.24, 2.45) is 0 Å². The van der Waals surface area contributed by atoms with E-state index in [0.29, 0.717) is 18.5 Å². The number of aromatic nitrogens is 1. The molecule has 0 aliphatic carbocycles. The first-order valence-corrected chi connectivity index (χ1v) is 6.93. The molecule has 1 N–H and O–H groups in total. The van der Waals surface area contributed by atoms with Crippen LogP contribution in [0, 0.1) is 6.92 Å². The van der Waals surface area contributed by atoms with E-state index in [2.05, 4.69) is 42.8 Å². The van der Waals surface area contributed by atoms with Crippen molar-refractivity contribution in [2.75, 3.05) is 0 Å². The highest BCUT2D eigenvalue weighted by molar-refractivity contribution is 5.84. The molecule has 0 aliphatic rings. The van der Waals surface area contributed by atoms with Gasteiger partial charge in [0.1, 0.15) is 6.26 Å². The van der Waals surface area contributed by atoms with E-state index in [9.17, 15) is 4.79 Å². The summed E-state index contributed by atoms with van der Waals surface area (Å²) in [7, 11) is 0. The zero-order chi connectivity index (χ0) is 15.4. The fourth-order valence-electron chi connectivity index (χ4n) is 2.08. The molecule has 1 aromatic carbocycles. The second-order valence-corrected chi connectivity index (χ2v) is 5.36. The number of aromatic carboxylic acids is 1. The van der Waals surface area contributed by atoms with Crippen molar-refractivity contribution in [1.29, 1.82) is 0 Å². The number of oxazole rings is 1. The fraction of sp³-hybridized carbons (Fsp3) is 0.375. The summed E-state index contributed by atoms with van der Waals surface area (Å²) in [5.41, 5.74) is 2.43. The van der Waals surface area contributed by atoms with Gasteiger partial charge in [-0.2, -0.15) is 0 Å². The summed E-state index contributed by atoms with van der Waals surface area (Å²) in [6.07, 6.45) is 1.18. The molecule has 2 rings (SSSR count). The molecule has 1 heterocycles. The van der Waals surface area contributed by atoms with Crippen molar-refractivity contribution in [2.45, 2.75) is 39.9 Å². The average Bonchev–Trinajstić information content (AvgIpc) is 2.89. The van der Waals surface area contributed by atoms with Crippen LogP contribution in [-0.2, 0) is 13.1 Å². The molecule has 0 bridgehead atoms. The molecule has 0 saturated carbocycles. The highest BCUT2D eigenvalue weighted by Gasteiger charge is 2.17. The van der Waals surface area contributed by atoms with Crippen LogP contribution in [0.3, 0.4) is 0 Å². The van der Waals surface area contributed by atoms with Gasteiger partial charge in [-0.3, -0.25) is 4.90 Å². The summed E-state index contributed by atoms with van der Waals surface area (Å²) in [6, 6.07) is 8.52. The molecule has 5 heteroatoms. The Morgan fingerprint density at radius 3 is 2.62 bits per heavy atom. The third-order valence-electron chi connectivity index (χ3n) is 3.47. The van der Waals surface area contributed by atoms with Gasteiger partial charge in [-0.1, -0.05) is 24.3 Å². The molecule has 0 atom stereocenters. The van der Waals surface area contributed by atoms with E-state index in [1.165, 1.54) is 17.4 Å². The summed E-state index contributed by atoms with van der Waals surface area (Å²) in [5.74, 6) is -0.644. The Morgan fingerprint density at radius 2 is 2.05 bits per heavy atom. The predicted octanol–water partition coefficient (Wildman–Crippen LogP) is 3.09. The zero-order valence-corrected chi connectivity index (χ0v) is 12.5. The first-order chi connectivity index (χ1) is 9.97. The van der Waals surface area contributed by atoms with E-state index in [0.717, 1.165) is 6.54 Å². The van der Waals surface area contributed by atoms with E-state index in [1.54, 1.807) is 0 Å². The minimum atomic E-state index is -1.07. The van der Waals surface area contributed by atoms with Gasteiger partial charge in [0, 0.05) is 12.6 Å². The molecular weight excluding hydrogens is 268 g/mol. The molecule has 0 amide bonds. The van der Waals surface area contributed by atoms with E-state index < -0.39 is 5.97 Å². The van der Waals surface area contributed by atoms with Crippen molar-refractivity contribution in [3.8, 4) is 0 Å². The van der Waals surface area contributed by atoms with Gasteiger partial charge < -0.3 is 9.52 Å². The van der Waals surface area contributed by atoms with Crippen LogP contribution in [0.1, 0.15) is 41.4 Å². The maximum atomic E-state index is 10.8. The van der Waals surface area contributed by atoms with E-state index in [1.807, 2.05) is 12.1 Å². The summed E-state index contributed by atoms with van der Waals surface area (Å²) >= 11 is 0. The quantitative estimate of drug-likeness (QED) is 0.884. The standard InChI is InChI=1S/C16H20N2O3/c1-11(2)18(8-13-7-5-4-6-12(13)3)9-15-17-14(10-21-15)16(19)20/h4-7,10-11H,8-9H2,1-3H3,(H,19,20). The minimum absolute atomic E-state index is 0.0513. The lowest BCUT2D eigenvalue weighted by Gasteiger charge is -2.25. The number of benzene rings is 1. The summed E-state index contributed by atoms with van der Waals surface area (Å²) in [6.45, 7) is 7.54. The Kier molecular flexibility index (Phi) is 4.75. The lowest BCUT2D eigenvalue weighted by Crippen LogP contribution is -2.30. The number of aryl methyl sites for hydroxylation is 1. The van der Waals surface area contributed by atoms with Gasteiger partial charge in [-0.15, -0.1) is 0 Å². The van der Waals surface area contributed by atoms with Gasteiger partial charge in [0.25, 0.3) is 0 Å². The van der Waals surface area contributed by atoms with Crippen LogP contribution in [0.5, 0.6) is 0 Å². The normalized spacial score (nSPS) is 11.3. The largest absolute Gasteiger partial charge is 0.476 e. The Labute approximate surface area is 124 Å². The lowest BCUT2D eigenvalue weighted by molar-refractivity contribution is 0.0690. The highest BCUT2D eigenvalue weighted by atomic mass is 16.4. The van der Waals surface area contributed by atoms with Crippen molar-refractivity contribution >= 4 is 5.97 Å². The number of rotatable bonds is 6. The van der Waals surface area contributed by atoms with E-state index in [4.69, 9.17) is 9.52 Å². The molecule has 0 aliphatic heterocycles. The number of carboxylic acids is 1. The molecule has 1 aromatic heterocycles. The molecule has 0 spiro atoms. The summed E-state index contributed by atoms with van der Waals surface area (Å²) < 4.78 is 5.24. The second-order valence-electron chi connectivity index (χ2n) is 5.36. The predicted molar refractivity (Wildman–Crippen MR) is 79.0 cm³/mol. The Hall–Kier alpha value is -2.14. The van der Waals surface area contributed by atoms with Crippen LogP contribution < -0.4 is 0 Å². The summed E-state index contributed by atoms with van der Waals surface area (Å²) in [5, 5.41) is 8.88. The molecule has 0 fully saturated rings. The lowest BCUT2D eigenvalue weighted by atomic mass is 10.1. The van der Waals surface area contributed by atoms with Crippen LogP contribution in [0.25, 0.3) is 0 Å². The van der Waals surface area contributed by atoms with Crippen molar-refractivity contribution in [3.05, 3.63) is 53.2 Å². The molecule has 0 unspecified atom stereocenters. The highest BCUT2D eigenvalue weighted by Crippen LogP contribution is 2.15. The molecule has 112 valence electrons. The molecule has 5 nitrogen and oxygen atoms in total. The van der Waals surface area contributed by atoms with Gasteiger partial charge in [0.15, 0.2) is 5.69 Å². The second kappa shape index (κ2) is 6.54. The van der Waals surface area contributed by atoms with Gasteiger partial charge in [0.2, 0.25) is 5.89 Å². The van der Waals surface area contributed by atoms with Crippen molar-refractivity contribution in [1.82, 2.24) is 9.88 Å². The van der Waals surface area contributed by atoms with Gasteiger partial charge in [-0.25, -0.2) is 9.78 Å². The number of carbonyl (C=O) groups is 1. The Balaban J connectivity index is 2.12. The molecule has 0 radical (unpaired) electrons. The van der Waals surface area contributed by atoms with Crippen LogP contribution in [0.2, 0.25) is 0 Å². The number of hydrogen-bond acceptors (Lipinski definition) is 4. The number of hydrogen-bond donors (Lipinski definition) is 1. The van der Waals surface area contributed by atoms with Crippen LogP contribution >= 0.6 is 0 Å². The van der Waals surface area contributed by atoms with E-state index >= 15 is 0 Å². The molecule has 0 saturated heterocycles. The SMILES string of the molecule is Cc1ccccc1CN(Cc1nc(C(=O)O)co1)C(C)C. The number of carboxylic acid groups (broad SMARTS) is 1. The third kappa shape index (κ3) is 3.92. The third-order valence-corrected chi connectivity index (χ3v) is 3.47. The first-order valence-electron chi connectivity index (χ1n) is 6.93. The smallest absolute Gasteiger partial charge is 0.357 e. The van der Waals surface area contributed by atoms with E-state index in [-0.39, 0.29) is 5.69 Å². The number of nitrogens with zero attached hydrogens (tertiary/aromatic N) is 2. The Bertz CT molecular complexity index is 619. The average molecular weight is 288 g/mol. The summed E-state index contributed by atoms with van der Waals surface area (Å²) in [4.78, 5) is 17.0. The molecule has 2 aromatic rings. The van der Waals surface area contributed by atoms with Gasteiger partial charge >= 0.3 is 5.97 Å². The maximum Gasteiger partial charge on any atom is 0.357 e. The van der Waals surface area contributed by atoms with Crippen LogP contribution in [-0.4, -0.2) is 27.0 Å². The topological polar surface area (TPSA) is 66.6 Å². The molecular formula is C16H20N2O3. The van der Waals surface area contributed by atoms with Crippen LogP contribution in [0.4, 0.5) is 0 Å². The fourth-order valence-corrected chi connectivity index (χ4v) is 2.08. The minimum Gasteiger partial charge on any atom is -0.476 e. The maximum absolute atomic E-state index is 10.8. The first kappa shape index (κ1) is 15.3. The zero-order valence-electron chi connectivity index (χ0n) is 12.5. The molecule has 21 heavy (non-hydrogen) atoms. The van der Waals surface area contributed by atoms with Crippen LogP contribution in [0.15, 0.2) is 34.9 Å². The van der Waals surface area contributed by atoms with Gasteiger partial charge in [0.05, 0.1) is 6.54 Å². The van der Waals surface area contributed by atoms with Crippen molar-refractivity contribution in [3.63, 3.8) is 0 Å². The monoisotopic (exact) mass is 288 g/mol.